The number of carbonyl (C=O) groups excluding carboxylic acids is 1. The Hall–Kier alpha value is -3.87. The standard InChI is InChI=1S/C20H18F2N6O4S/c1-12-18(19(29)28(24-12)14-5-7-15(8-6-14)32-20(21)22)17-11-27(26-23-17)25-13-3-9-16(10-4-13)33(2,30)31/h3-11,18,20,25H,1-2H3. The first kappa shape index (κ1) is 22.3. The van der Waals surface area contributed by atoms with Crippen LogP contribution < -0.4 is 15.2 Å². The fraction of sp³-hybridized carbons (Fsp3) is 0.200. The van der Waals surface area contributed by atoms with Crippen molar-refractivity contribution < 1.29 is 26.7 Å². The van der Waals surface area contributed by atoms with Gasteiger partial charge in [0.1, 0.15) is 17.4 Å². The van der Waals surface area contributed by atoms with Crippen LogP contribution in [0, 0.1) is 0 Å². The van der Waals surface area contributed by atoms with Gasteiger partial charge in [0, 0.05) is 6.26 Å². The molecule has 0 bridgehead atoms. The molecule has 33 heavy (non-hydrogen) atoms. The number of amides is 1. The van der Waals surface area contributed by atoms with Crippen LogP contribution in [-0.4, -0.2) is 48.0 Å². The van der Waals surface area contributed by atoms with Crippen LogP contribution in [-0.2, 0) is 14.6 Å². The Balaban J connectivity index is 1.48. The van der Waals surface area contributed by atoms with Crippen molar-refractivity contribution in [2.24, 2.45) is 5.10 Å². The van der Waals surface area contributed by atoms with Crippen molar-refractivity contribution >= 4 is 32.8 Å². The first-order valence-corrected chi connectivity index (χ1v) is 11.4. The Morgan fingerprint density at radius 3 is 2.36 bits per heavy atom. The molecule has 1 aliphatic heterocycles. The number of ether oxygens (including phenoxy) is 1. The number of anilines is 2. The van der Waals surface area contributed by atoms with E-state index in [2.05, 4.69) is 25.6 Å². The lowest BCUT2D eigenvalue weighted by molar-refractivity contribution is -0.118. The van der Waals surface area contributed by atoms with Gasteiger partial charge in [-0.05, 0) is 60.7 Å². The zero-order valence-electron chi connectivity index (χ0n) is 17.4. The molecule has 2 aromatic carbocycles. The highest BCUT2D eigenvalue weighted by atomic mass is 32.2. The smallest absolute Gasteiger partial charge is 0.387 e. The lowest BCUT2D eigenvalue weighted by Crippen LogP contribution is -2.26. The number of nitrogens with one attached hydrogen (secondary N) is 1. The summed E-state index contributed by atoms with van der Waals surface area (Å²) >= 11 is 0. The second kappa shape index (κ2) is 8.58. The molecule has 1 unspecified atom stereocenters. The van der Waals surface area contributed by atoms with Crippen molar-refractivity contribution in [1.29, 1.82) is 0 Å². The van der Waals surface area contributed by atoms with E-state index in [4.69, 9.17) is 0 Å². The summed E-state index contributed by atoms with van der Waals surface area (Å²) in [5, 5.41) is 13.4. The van der Waals surface area contributed by atoms with Gasteiger partial charge in [0.15, 0.2) is 9.84 Å². The molecule has 0 aliphatic carbocycles. The average molecular weight is 476 g/mol. The molecule has 0 saturated heterocycles. The number of alkyl halides is 2. The number of hydrogen-bond acceptors (Lipinski definition) is 8. The van der Waals surface area contributed by atoms with Gasteiger partial charge < -0.3 is 4.74 Å². The number of rotatable bonds is 7. The molecule has 0 saturated carbocycles. The molecule has 0 fully saturated rings. The molecule has 2 heterocycles. The van der Waals surface area contributed by atoms with E-state index >= 15 is 0 Å². The minimum Gasteiger partial charge on any atom is -0.435 e. The summed E-state index contributed by atoms with van der Waals surface area (Å²) < 4.78 is 52.1. The van der Waals surface area contributed by atoms with E-state index in [1.54, 1.807) is 19.1 Å². The number of sulfone groups is 1. The molecular weight excluding hydrogens is 458 g/mol. The fourth-order valence-electron chi connectivity index (χ4n) is 3.23. The summed E-state index contributed by atoms with van der Waals surface area (Å²) in [4.78, 5) is 14.5. The van der Waals surface area contributed by atoms with Crippen LogP contribution in [0.25, 0.3) is 0 Å². The van der Waals surface area contributed by atoms with Gasteiger partial charge in [-0.2, -0.15) is 23.7 Å². The molecule has 1 atom stereocenters. The molecular formula is C20H18F2N6O4S. The highest BCUT2D eigenvalue weighted by Crippen LogP contribution is 2.30. The minimum absolute atomic E-state index is 0.0313. The Labute approximate surface area is 187 Å². The third-order valence-electron chi connectivity index (χ3n) is 4.77. The molecule has 172 valence electrons. The van der Waals surface area contributed by atoms with Gasteiger partial charge in [-0.15, -0.1) is 5.10 Å². The van der Waals surface area contributed by atoms with Crippen LogP contribution in [0.5, 0.6) is 5.75 Å². The zero-order valence-corrected chi connectivity index (χ0v) is 18.2. The first-order chi connectivity index (χ1) is 15.6. The molecule has 1 aliphatic rings. The van der Waals surface area contributed by atoms with Gasteiger partial charge in [0.25, 0.3) is 5.91 Å². The number of benzene rings is 2. The topological polar surface area (TPSA) is 119 Å². The summed E-state index contributed by atoms with van der Waals surface area (Å²) in [7, 11) is -3.31. The molecule has 4 rings (SSSR count). The molecule has 1 amide bonds. The number of aromatic nitrogens is 3. The van der Waals surface area contributed by atoms with Gasteiger partial charge in [-0.25, -0.2) is 8.42 Å². The Morgan fingerprint density at radius 1 is 1.09 bits per heavy atom. The summed E-state index contributed by atoms with van der Waals surface area (Å²) in [6, 6.07) is 11.6. The molecule has 1 N–H and O–H groups in total. The quantitative estimate of drug-likeness (QED) is 0.557. The van der Waals surface area contributed by atoms with E-state index in [1.807, 2.05) is 0 Å². The maximum Gasteiger partial charge on any atom is 0.387 e. The second-order valence-corrected chi connectivity index (χ2v) is 9.21. The van der Waals surface area contributed by atoms with Crippen molar-refractivity contribution in [2.75, 3.05) is 16.7 Å². The number of nitrogens with zero attached hydrogens (tertiary/aromatic N) is 5. The van der Waals surface area contributed by atoms with Crippen LogP contribution >= 0.6 is 0 Å². The Morgan fingerprint density at radius 2 is 1.76 bits per heavy atom. The molecule has 0 radical (unpaired) electrons. The number of halogens is 2. The second-order valence-electron chi connectivity index (χ2n) is 7.19. The molecule has 0 spiro atoms. The normalized spacial score (nSPS) is 16.3. The van der Waals surface area contributed by atoms with E-state index in [0.717, 1.165) is 6.26 Å². The van der Waals surface area contributed by atoms with Crippen LogP contribution in [0.3, 0.4) is 0 Å². The summed E-state index contributed by atoms with van der Waals surface area (Å²) in [6.45, 7) is -1.27. The van der Waals surface area contributed by atoms with E-state index in [1.165, 1.54) is 52.4 Å². The maximum atomic E-state index is 13.0. The number of hydrazone groups is 1. The largest absolute Gasteiger partial charge is 0.435 e. The van der Waals surface area contributed by atoms with Gasteiger partial charge in [0.05, 0.1) is 28.2 Å². The number of hydrogen-bond donors (Lipinski definition) is 1. The van der Waals surface area contributed by atoms with Crippen molar-refractivity contribution in [2.45, 2.75) is 24.3 Å². The van der Waals surface area contributed by atoms with Crippen LogP contribution in [0.2, 0.25) is 0 Å². The minimum atomic E-state index is -3.31. The predicted molar refractivity (Wildman–Crippen MR) is 115 cm³/mol. The molecule has 1 aromatic heterocycles. The van der Waals surface area contributed by atoms with E-state index in [-0.39, 0.29) is 16.6 Å². The van der Waals surface area contributed by atoms with Gasteiger partial charge in [-0.3, -0.25) is 10.2 Å². The highest BCUT2D eigenvalue weighted by molar-refractivity contribution is 7.90. The molecule has 13 heteroatoms. The Bertz CT molecular complexity index is 1310. The van der Waals surface area contributed by atoms with E-state index < -0.39 is 22.4 Å². The van der Waals surface area contributed by atoms with Crippen molar-refractivity contribution in [3.63, 3.8) is 0 Å². The van der Waals surface area contributed by atoms with Crippen molar-refractivity contribution in [1.82, 2.24) is 15.1 Å². The zero-order chi connectivity index (χ0) is 23.8. The van der Waals surface area contributed by atoms with Gasteiger partial charge >= 0.3 is 6.61 Å². The maximum absolute atomic E-state index is 13.0. The van der Waals surface area contributed by atoms with Gasteiger partial charge in [0.2, 0.25) is 0 Å². The monoisotopic (exact) mass is 476 g/mol. The predicted octanol–water partition coefficient (Wildman–Crippen LogP) is 2.66. The van der Waals surface area contributed by atoms with Crippen LogP contribution in [0.15, 0.2) is 64.7 Å². The SMILES string of the molecule is CC1=NN(c2ccc(OC(F)F)cc2)C(=O)C1c1cn(Nc2ccc(S(C)(=O)=O)cc2)nn1. The summed E-state index contributed by atoms with van der Waals surface area (Å²) in [5.74, 6) is -1.18. The lowest BCUT2D eigenvalue weighted by atomic mass is 10.0. The Kier molecular flexibility index (Phi) is 5.80. The van der Waals surface area contributed by atoms with E-state index in [0.29, 0.717) is 22.8 Å². The first-order valence-electron chi connectivity index (χ1n) is 9.55. The van der Waals surface area contributed by atoms with Crippen LogP contribution in [0.1, 0.15) is 18.5 Å². The fourth-order valence-corrected chi connectivity index (χ4v) is 3.86. The van der Waals surface area contributed by atoms with Gasteiger partial charge in [-0.1, -0.05) is 0 Å². The van der Waals surface area contributed by atoms with Crippen molar-refractivity contribution in [3.8, 4) is 5.75 Å². The van der Waals surface area contributed by atoms with Crippen LogP contribution in [0.4, 0.5) is 20.2 Å². The third kappa shape index (κ3) is 4.82. The highest BCUT2D eigenvalue weighted by Gasteiger charge is 2.37. The average Bonchev–Trinajstić information content (AvgIpc) is 3.31. The summed E-state index contributed by atoms with van der Waals surface area (Å²) in [6.07, 6.45) is 2.64. The molecule has 3 aromatic rings. The summed E-state index contributed by atoms with van der Waals surface area (Å²) in [5.41, 5.74) is 4.71. The lowest BCUT2D eigenvalue weighted by Gasteiger charge is -2.14. The third-order valence-corrected chi connectivity index (χ3v) is 5.90. The number of carbonyl (C=O) groups is 1. The van der Waals surface area contributed by atoms with E-state index in [9.17, 15) is 22.0 Å². The van der Waals surface area contributed by atoms with Crippen molar-refractivity contribution in [3.05, 3.63) is 60.4 Å². The molecule has 10 nitrogen and oxygen atoms in total.